The number of carbonyl (C=O) groups excluding carboxylic acids is 1. The minimum absolute atomic E-state index is 0.0122. The van der Waals surface area contributed by atoms with Gasteiger partial charge in [-0.05, 0) is 45.8 Å². The largest absolute Gasteiger partial charge is 0.493 e. The number of hydrogen-bond acceptors (Lipinski definition) is 7. The predicted octanol–water partition coefficient (Wildman–Crippen LogP) is 4.93. The molecule has 0 heterocycles. The number of para-hydroxylation sites is 1. The lowest BCUT2D eigenvalue weighted by Crippen LogP contribution is -2.20. The number of amides is 1. The fourth-order valence-electron chi connectivity index (χ4n) is 2.78. The van der Waals surface area contributed by atoms with E-state index in [4.69, 9.17) is 14.3 Å². The van der Waals surface area contributed by atoms with E-state index >= 15 is 0 Å². The lowest BCUT2D eigenvalue weighted by Gasteiger charge is -2.13. The zero-order chi connectivity index (χ0) is 23.6. The molecule has 0 fully saturated rings. The molecule has 0 spiro atoms. The van der Waals surface area contributed by atoms with E-state index in [-0.39, 0.29) is 24.8 Å². The van der Waals surface area contributed by atoms with E-state index < -0.39 is 4.92 Å². The van der Waals surface area contributed by atoms with Gasteiger partial charge in [-0.15, -0.1) is 0 Å². The molecule has 170 valence electrons. The van der Waals surface area contributed by atoms with Crippen LogP contribution in [0.25, 0.3) is 0 Å². The van der Waals surface area contributed by atoms with Crippen molar-refractivity contribution in [2.24, 2.45) is 5.16 Å². The Labute approximate surface area is 198 Å². The molecule has 33 heavy (non-hydrogen) atoms. The fraction of sp³-hybridized carbons (Fsp3) is 0.130. The van der Waals surface area contributed by atoms with Crippen molar-refractivity contribution in [3.05, 3.63) is 92.4 Å². The Hall–Kier alpha value is -3.92. The normalized spacial score (nSPS) is 10.6. The van der Waals surface area contributed by atoms with Crippen molar-refractivity contribution in [2.45, 2.75) is 6.61 Å². The number of benzene rings is 3. The van der Waals surface area contributed by atoms with Crippen molar-refractivity contribution in [3.63, 3.8) is 0 Å². The van der Waals surface area contributed by atoms with Gasteiger partial charge in [0.2, 0.25) is 0 Å². The van der Waals surface area contributed by atoms with Gasteiger partial charge < -0.3 is 19.6 Å². The maximum atomic E-state index is 12.1. The number of ether oxygens (including phenoxy) is 2. The Morgan fingerprint density at radius 3 is 2.67 bits per heavy atom. The molecule has 0 radical (unpaired) electrons. The van der Waals surface area contributed by atoms with E-state index in [0.29, 0.717) is 32.8 Å². The zero-order valence-electron chi connectivity index (χ0n) is 17.6. The van der Waals surface area contributed by atoms with E-state index in [1.165, 1.54) is 25.5 Å². The summed E-state index contributed by atoms with van der Waals surface area (Å²) in [5.41, 5.74) is 1.94. The number of anilines is 1. The molecule has 0 saturated carbocycles. The second-order valence-corrected chi connectivity index (χ2v) is 7.53. The number of oxime groups is 1. The highest BCUT2D eigenvalue weighted by atomic mass is 79.9. The van der Waals surface area contributed by atoms with Gasteiger partial charge in [0.15, 0.2) is 18.1 Å². The van der Waals surface area contributed by atoms with Gasteiger partial charge in [0, 0.05) is 23.4 Å². The van der Waals surface area contributed by atoms with Gasteiger partial charge in [0.05, 0.1) is 22.7 Å². The Balaban J connectivity index is 1.59. The second kappa shape index (κ2) is 11.6. The zero-order valence-corrected chi connectivity index (χ0v) is 19.2. The van der Waals surface area contributed by atoms with Gasteiger partial charge in [0.25, 0.3) is 11.6 Å². The maximum absolute atomic E-state index is 12.1. The first-order valence-corrected chi connectivity index (χ1v) is 10.5. The monoisotopic (exact) mass is 513 g/mol. The fourth-order valence-corrected chi connectivity index (χ4v) is 3.35. The van der Waals surface area contributed by atoms with Crippen LogP contribution in [-0.2, 0) is 16.2 Å². The van der Waals surface area contributed by atoms with Crippen LogP contribution in [0.1, 0.15) is 11.1 Å². The predicted molar refractivity (Wildman–Crippen MR) is 127 cm³/mol. The highest BCUT2D eigenvalue weighted by Gasteiger charge is 2.13. The number of nitrogens with zero attached hydrogens (tertiary/aromatic N) is 2. The molecule has 3 rings (SSSR count). The third-order valence-corrected chi connectivity index (χ3v) is 4.87. The second-order valence-electron chi connectivity index (χ2n) is 6.67. The van der Waals surface area contributed by atoms with Gasteiger partial charge >= 0.3 is 0 Å². The van der Waals surface area contributed by atoms with Crippen molar-refractivity contribution >= 4 is 39.4 Å². The molecule has 3 aromatic rings. The molecule has 0 aliphatic rings. The molecule has 10 heteroatoms. The van der Waals surface area contributed by atoms with Crippen LogP contribution in [0.3, 0.4) is 0 Å². The van der Waals surface area contributed by atoms with Crippen molar-refractivity contribution in [1.29, 1.82) is 0 Å². The minimum atomic E-state index is -0.467. The van der Waals surface area contributed by atoms with Gasteiger partial charge in [0.1, 0.15) is 6.61 Å². The smallest absolute Gasteiger partial charge is 0.269 e. The summed E-state index contributed by atoms with van der Waals surface area (Å²) < 4.78 is 11.6. The molecule has 0 aromatic heterocycles. The minimum Gasteiger partial charge on any atom is -0.493 e. The molecule has 0 saturated heterocycles. The highest BCUT2D eigenvalue weighted by molar-refractivity contribution is 9.10. The first-order valence-electron chi connectivity index (χ1n) is 9.70. The van der Waals surface area contributed by atoms with E-state index in [9.17, 15) is 14.9 Å². The number of nitro benzene ring substituents is 1. The first-order chi connectivity index (χ1) is 16.0. The van der Waals surface area contributed by atoms with Crippen LogP contribution in [0.5, 0.6) is 11.5 Å². The molecule has 0 bridgehead atoms. The molecular weight excluding hydrogens is 494 g/mol. The summed E-state index contributed by atoms with van der Waals surface area (Å²) in [4.78, 5) is 27.8. The van der Waals surface area contributed by atoms with E-state index in [1.54, 1.807) is 36.4 Å². The molecule has 0 unspecified atom stereocenters. The lowest BCUT2D eigenvalue weighted by atomic mass is 10.2. The summed E-state index contributed by atoms with van der Waals surface area (Å²) in [6.07, 6.45) is 1.47. The SMILES string of the molecule is COc1cc(/C=N\OCc2cccc([N+](=O)[O-])c2)cc(Br)c1OCC(=O)Nc1ccccc1. The summed E-state index contributed by atoms with van der Waals surface area (Å²) in [6, 6.07) is 18.6. The number of carbonyl (C=O) groups is 1. The summed E-state index contributed by atoms with van der Waals surface area (Å²) in [5.74, 6) is 0.461. The van der Waals surface area contributed by atoms with Crippen molar-refractivity contribution in [2.75, 3.05) is 19.0 Å². The Bertz CT molecular complexity index is 1150. The highest BCUT2D eigenvalue weighted by Crippen LogP contribution is 2.36. The number of non-ortho nitro benzene ring substituents is 1. The summed E-state index contributed by atoms with van der Waals surface area (Å²) >= 11 is 3.42. The number of hydrogen-bond donors (Lipinski definition) is 1. The van der Waals surface area contributed by atoms with Crippen molar-refractivity contribution in [3.8, 4) is 11.5 Å². The Kier molecular flexibility index (Phi) is 8.36. The number of nitrogens with one attached hydrogen (secondary N) is 1. The van der Waals surface area contributed by atoms with Gasteiger partial charge in [-0.1, -0.05) is 35.5 Å². The number of halogens is 1. The van der Waals surface area contributed by atoms with Crippen LogP contribution in [0, 0.1) is 10.1 Å². The number of methoxy groups -OCH3 is 1. The first kappa shape index (κ1) is 23.7. The molecule has 0 aliphatic heterocycles. The number of nitro groups is 1. The van der Waals surface area contributed by atoms with Crippen LogP contribution in [0.4, 0.5) is 11.4 Å². The average Bonchev–Trinajstić information content (AvgIpc) is 2.81. The standard InChI is InChI=1S/C23H20BrN3O6/c1-31-21-12-17(13-25-33-14-16-6-5-9-19(10-16)27(29)30)11-20(24)23(21)32-15-22(28)26-18-7-3-2-4-8-18/h2-13H,14-15H2,1H3,(H,26,28)/b25-13-. The molecule has 1 amide bonds. The third kappa shape index (κ3) is 7.04. The van der Waals surface area contributed by atoms with Gasteiger partial charge in [-0.2, -0.15) is 0 Å². The molecule has 1 N–H and O–H groups in total. The van der Waals surface area contributed by atoms with Crippen LogP contribution < -0.4 is 14.8 Å². The van der Waals surface area contributed by atoms with Crippen molar-refractivity contribution < 1.29 is 24.0 Å². The van der Waals surface area contributed by atoms with E-state index in [0.717, 1.165) is 0 Å². The average molecular weight is 514 g/mol. The van der Waals surface area contributed by atoms with Crippen LogP contribution in [0.2, 0.25) is 0 Å². The third-order valence-electron chi connectivity index (χ3n) is 4.29. The summed E-state index contributed by atoms with van der Waals surface area (Å²) in [7, 11) is 1.48. The van der Waals surface area contributed by atoms with E-state index in [2.05, 4.69) is 26.4 Å². The molecule has 0 aliphatic carbocycles. The van der Waals surface area contributed by atoms with Crippen LogP contribution in [0.15, 0.2) is 76.4 Å². The Morgan fingerprint density at radius 1 is 1.15 bits per heavy atom. The number of rotatable bonds is 10. The molecular formula is C23H20BrN3O6. The topological polar surface area (TPSA) is 112 Å². The Morgan fingerprint density at radius 2 is 1.94 bits per heavy atom. The van der Waals surface area contributed by atoms with Gasteiger partial charge in [-0.25, -0.2) is 0 Å². The van der Waals surface area contributed by atoms with Crippen molar-refractivity contribution in [1.82, 2.24) is 0 Å². The summed E-state index contributed by atoms with van der Waals surface area (Å²) in [5, 5.41) is 17.5. The maximum Gasteiger partial charge on any atom is 0.269 e. The molecule has 9 nitrogen and oxygen atoms in total. The molecule has 0 atom stereocenters. The lowest BCUT2D eigenvalue weighted by molar-refractivity contribution is -0.384. The quantitative estimate of drug-likeness (QED) is 0.233. The van der Waals surface area contributed by atoms with Crippen LogP contribution >= 0.6 is 15.9 Å². The van der Waals surface area contributed by atoms with Crippen LogP contribution in [-0.4, -0.2) is 30.8 Å². The molecule has 3 aromatic carbocycles. The van der Waals surface area contributed by atoms with Gasteiger partial charge in [-0.3, -0.25) is 14.9 Å². The van der Waals surface area contributed by atoms with E-state index in [1.807, 2.05) is 18.2 Å². The summed E-state index contributed by atoms with van der Waals surface area (Å²) in [6.45, 7) is -0.127.